The maximum Gasteiger partial charge on any atom is 0.257 e. The van der Waals surface area contributed by atoms with Gasteiger partial charge < -0.3 is 9.32 Å². The summed E-state index contributed by atoms with van der Waals surface area (Å²) < 4.78 is 5.50. The van der Waals surface area contributed by atoms with E-state index in [0.29, 0.717) is 11.3 Å². The van der Waals surface area contributed by atoms with Crippen LogP contribution in [0, 0.1) is 13.8 Å². The van der Waals surface area contributed by atoms with E-state index in [1.54, 1.807) is 11.3 Å². The number of aryl methyl sites for hydroxylation is 2. The summed E-state index contributed by atoms with van der Waals surface area (Å²) in [6.45, 7) is 7.65. The topological polar surface area (TPSA) is 49.6 Å². The van der Waals surface area contributed by atoms with Crippen molar-refractivity contribution in [3.05, 3.63) is 62.8 Å². The Morgan fingerprint density at radius 1 is 1.18 bits per heavy atom. The van der Waals surface area contributed by atoms with Crippen molar-refractivity contribution in [2.75, 3.05) is 26.2 Å². The lowest BCUT2D eigenvalue weighted by atomic mass is 10.2. The molecule has 1 amide bonds. The van der Waals surface area contributed by atoms with E-state index >= 15 is 0 Å². The number of rotatable bonds is 4. The maximum atomic E-state index is 12.7. The van der Waals surface area contributed by atoms with Gasteiger partial charge in [0.25, 0.3) is 5.91 Å². The first-order valence-electron chi connectivity index (χ1n) is 9.28. The number of amides is 1. The van der Waals surface area contributed by atoms with Crippen LogP contribution in [0.1, 0.15) is 26.9 Å². The Hall–Kier alpha value is -2.15. The molecule has 1 aliphatic heterocycles. The van der Waals surface area contributed by atoms with Crippen LogP contribution < -0.4 is 0 Å². The number of aromatic nitrogens is 1. The number of hydrogen-bond donors (Lipinski definition) is 0. The molecule has 0 atom stereocenters. The number of thiazole rings is 1. The van der Waals surface area contributed by atoms with Crippen LogP contribution >= 0.6 is 22.9 Å². The van der Waals surface area contributed by atoms with Crippen LogP contribution in [0.25, 0.3) is 11.3 Å². The van der Waals surface area contributed by atoms with Gasteiger partial charge in [0.2, 0.25) is 0 Å². The predicted molar refractivity (Wildman–Crippen MR) is 112 cm³/mol. The molecule has 0 radical (unpaired) electrons. The second kappa shape index (κ2) is 8.07. The normalized spacial score (nSPS) is 15.2. The van der Waals surface area contributed by atoms with Gasteiger partial charge >= 0.3 is 0 Å². The van der Waals surface area contributed by atoms with Crippen LogP contribution in [-0.2, 0) is 6.54 Å². The molecule has 2 aromatic heterocycles. The molecule has 5 nitrogen and oxygen atoms in total. The fraction of sp³-hybridized carbons (Fsp3) is 0.333. The average molecular weight is 416 g/mol. The van der Waals surface area contributed by atoms with Gasteiger partial charge in [0, 0.05) is 42.1 Å². The van der Waals surface area contributed by atoms with Crippen LogP contribution in [-0.4, -0.2) is 46.9 Å². The predicted octanol–water partition coefficient (Wildman–Crippen LogP) is 4.63. The minimum absolute atomic E-state index is 0.0632. The van der Waals surface area contributed by atoms with E-state index in [4.69, 9.17) is 21.0 Å². The van der Waals surface area contributed by atoms with Crippen LogP contribution in [0.5, 0.6) is 0 Å². The number of nitrogens with zero attached hydrogens (tertiary/aromatic N) is 3. The van der Waals surface area contributed by atoms with E-state index in [1.165, 1.54) is 0 Å². The van der Waals surface area contributed by atoms with Crippen LogP contribution in [0.3, 0.4) is 0 Å². The molecule has 0 N–H and O–H groups in total. The summed E-state index contributed by atoms with van der Waals surface area (Å²) >= 11 is 7.63. The molecule has 4 rings (SSSR count). The van der Waals surface area contributed by atoms with E-state index in [2.05, 4.69) is 10.3 Å². The third kappa shape index (κ3) is 4.14. The largest absolute Gasteiger partial charge is 0.466 e. The third-order valence-corrected chi connectivity index (χ3v) is 6.07. The van der Waals surface area contributed by atoms with Crippen molar-refractivity contribution >= 4 is 28.8 Å². The van der Waals surface area contributed by atoms with Crippen molar-refractivity contribution in [3.8, 4) is 11.3 Å². The molecule has 3 heterocycles. The lowest BCUT2D eigenvalue weighted by Gasteiger charge is -2.34. The SMILES string of the molecule is Cc1cc(C(=O)N2CCN(Cc3nc(-c4ccc(Cl)cc4)cs3)CC2)c(C)o1. The van der Waals surface area contributed by atoms with E-state index < -0.39 is 0 Å². The van der Waals surface area contributed by atoms with E-state index in [9.17, 15) is 4.79 Å². The zero-order chi connectivity index (χ0) is 19.7. The van der Waals surface area contributed by atoms with Crippen molar-refractivity contribution in [2.24, 2.45) is 0 Å². The molecule has 7 heteroatoms. The first kappa shape index (κ1) is 19.2. The molecule has 0 saturated carbocycles. The molecule has 1 aromatic carbocycles. The van der Waals surface area contributed by atoms with Crippen molar-refractivity contribution in [2.45, 2.75) is 20.4 Å². The Bertz CT molecular complexity index is 972. The second-order valence-electron chi connectivity index (χ2n) is 7.03. The molecular formula is C21H22ClN3O2S. The van der Waals surface area contributed by atoms with Crippen LogP contribution in [0.15, 0.2) is 40.1 Å². The Kier molecular flexibility index (Phi) is 5.53. The van der Waals surface area contributed by atoms with Crippen LogP contribution in [0.2, 0.25) is 5.02 Å². The summed E-state index contributed by atoms with van der Waals surface area (Å²) in [5, 5.41) is 3.90. The zero-order valence-electron chi connectivity index (χ0n) is 15.9. The van der Waals surface area contributed by atoms with Gasteiger partial charge in [-0.3, -0.25) is 9.69 Å². The molecule has 0 spiro atoms. The highest BCUT2D eigenvalue weighted by molar-refractivity contribution is 7.09. The minimum atomic E-state index is 0.0632. The standard InChI is InChI=1S/C21H22ClN3O2S/c1-14-11-18(15(2)27-14)21(26)25-9-7-24(8-10-25)12-20-23-19(13-28-20)16-3-5-17(22)6-4-16/h3-6,11,13H,7-10,12H2,1-2H3. The molecule has 1 saturated heterocycles. The fourth-order valence-electron chi connectivity index (χ4n) is 3.45. The van der Waals surface area contributed by atoms with E-state index in [1.807, 2.05) is 49.1 Å². The van der Waals surface area contributed by atoms with Gasteiger partial charge in [0.15, 0.2) is 0 Å². The zero-order valence-corrected chi connectivity index (χ0v) is 17.5. The first-order chi connectivity index (χ1) is 13.5. The molecule has 0 unspecified atom stereocenters. The Labute approximate surface area is 173 Å². The smallest absolute Gasteiger partial charge is 0.257 e. The van der Waals surface area contributed by atoms with Gasteiger partial charge in [0.1, 0.15) is 16.5 Å². The highest BCUT2D eigenvalue weighted by atomic mass is 35.5. The van der Waals surface area contributed by atoms with Gasteiger partial charge in [-0.1, -0.05) is 23.7 Å². The van der Waals surface area contributed by atoms with E-state index in [0.717, 1.165) is 59.8 Å². The minimum Gasteiger partial charge on any atom is -0.466 e. The van der Waals surface area contributed by atoms with Gasteiger partial charge in [-0.15, -0.1) is 11.3 Å². The number of benzene rings is 1. The molecular weight excluding hydrogens is 394 g/mol. The third-order valence-electron chi connectivity index (χ3n) is 4.98. The van der Waals surface area contributed by atoms with Crippen LogP contribution in [0.4, 0.5) is 0 Å². The number of hydrogen-bond acceptors (Lipinski definition) is 5. The summed E-state index contributed by atoms with van der Waals surface area (Å²) in [6.07, 6.45) is 0. The lowest BCUT2D eigenvalue weighted by Crippen LogP contribution is -2.48. The Morgan fingerprint density at radius 3 is 2.54 bits per heavy atom. The van der Waals surface area contributed by atoms with Gasteiger partial charge in [-0.25, -0.2) is 4.98 Å². The summed E-state index contributed by atoms with van der Waals surface area (Å²) in [5.74, 6) is 1.54. The summed E-state index contributed by atoms with van der Waals surface area (Å²) in [4.78, 5) is 21.7. The number of halogens is 1. The molecule has 28 heavy (non-hydrogen) atoms. The molecule has 146 valence electrons. The quantitative estimate of drug-likeness (QED) is 0.623. The number of furan rings is 1. The Balaban J connectivity index is 1.34. The highest BCUT2D eigenvalue weighted by Gasteiger charge is 2.25. The molecule has 1 fully saturated rings. The van der Waals surface area contributed by atoms with E-state index in [-0.39, 0.29) is 5.91 Å². The lowest BCUT2D eigenvalue weighted by molar-refractivity contribution is 0.0626. The summed E-state index contributed by atoms with van der Waals surface area (Å²) in [6, 6.07) is 9.58. The molecule has 0 bridgehead atoms. The number of carbonyl (C=O) groups excluding carboxylic acids is 1. The second-order valence-corrected chi connectivity index (χ2v) is 8.41. The van der Waals surface area contributed by atoms with Crippen molar-refractivity contribution in [1.29, 1.82) is 0 Å². The Morgan fingerprint density at radius 2 is 1.89 bits per heavy atom. The first-order valence-corrected chi connectivity index (χ1v) is 10.5. The summed E-state index contributed by atoms with van der Waals surface area (Å²) in [5.41, 5.74) is 2.74. The van der Waals surface area contributed by atoms with Crippen molar-refractivity contribution < 1.29 is 9.21 Å². The monoisotopic (exact) mass is 415 g/mol. The molecule has 1 aliphatic rings. The van der Waals surface area contributed by atoms with Gasteiger partial charge in [0.05, 0.1) is 17.8 Å². The highest BCUT2D eigenvalue weighted by Crippen LogP contribution is 2.24. The number of carbonyl (C=O) groups is 1. The average Bonchev–Trinajstić information content (AvgIpc) is 3.28. The van der Waals surface area contributed by atoms with Gasteiger partial charge in [-0.05, 0) is 32.0 Å². The molecule has 3 aromatic rings. The maximum absolute atomic E-state index is 12.7. The van der Waals surface area contributed by atoms with Crippen molar-refractivity contribution in [3.63, 3.8) is 0 Å². The summed E-state index contributed by atoms with van der Waals surface area (Å²) in [7, 11) is 0. The van der Waals surface area contributed by atoms with Gasteiger partial charge in [-0.2, -0.15) is 0 Å². The van der Waals surface area contributed by atoms with Crippen molar-refractivity contribution in [1.82, 2.24) is 14.8 Å². The number of piperazine rings is 1. The fourth-order valence-corrected chi connectivity index (χ4v) is 4.42. The molecule has 0 aliphatic carbocycles.